The van der Waals surface area contributed by atoms with E-state index >= 15 is 0 Å². The Hall–Kier alpha value is -1.96. The zero-order valence-corrected chi connectivity index (χ0v) is 16.7. The fraction of sp³-hybridized carbons (Fsp3) is 0.500. The van der Waals surface area contributed by atoms with Gasteiger partial charge in [-0.15, -0.1) is 11.8 Å². The minimum atomic E-state index is -4.34. The molecule has 154 valence electrons. The number of carbonyl (C=O) groups is 1. The number of carbonyl (C=O) groups excluding carboxylic acids is 1. The van der Waals surface area contributed by atoms with Gasteiger partial charge in [0.15, 0.2) is 5.78 Å². The molecule has 0 radical (unpaired) electrons. The van der Waals surface area contributed by atoms with E-state index in [-0.39, 0.29) is 23.0 Å². The minimum absolute atomic E-state index is 0.00315. The first-order valence-corrected chi connectivity index (χ1v) is 10.2. The van der Waals surface area contributed by atoms with Crippen LogP contribution in [-0.4, -0.2) is 29.0 Å². The summed E-state index contributed by atoms with van der Waals surface area (Å²) in [5.41, 5.74) is 0.0577. The Morgan fingerprint density at radius 3 is 2.46 bits per heavy atom. The highest BCUT2D eigenvalue weighted by Gasteiger charge is 2.31. The lowest BCUT2D eigenvalue weighted by Gasteiger charge is -2.23. The Labute approximate surface area is 166 Å². The highest BCUT2D eigenvalue weighted by atomic mass is 32.2. The van der Waals surface area contributed by atoms with Crippen molar-refractivity contribution in [3.05, 3.63) is 41.2 Å². The van der Waals surface area contributed by atoms with Crippen LogP contribution >= 0.6 is 11.8 Å². The number of thioether (sulfide) groups is 1. The van der Waals surface area contributed by atoms with Crippen molar-refractivity contribution in [1.82, 2.24) is 0 Å². The Morgan fingerprint density at radius 1 is 1.25 bits per heavy atom. The average Bonchev–Trinajstić information content (AvgIpc) is 2.63. The molecule has 0 fully saturated rings. The quantitative estimate of drug-likeness (QED) is 0.332. The van der Waals surface area contributed by atoms with Crippen LogP contribution in [0, 0.1) is 5.92 Å². The van der Waals surface area contributed by atoms with Crippen LogP contribution in [0.15, 0.2) is 45.6 Å². The lowest BCUT2D eigenvalue weighted by Crippen LogP contribution is -2.25. The van der Waals surface area contributed by atoms with E-state index in [4.69, 9.17) is 4.84 Å². The van der Waals surface area contributed by atoms with Crippen molar-refractivity contribution >= 4 is 23.3 Å². The molecule has 0 bridgehead atoms. The van der Waals surface area contributed by atoms with Crippen LogP contribution in [-0.2, 0) is 15.8 Å². The number of aliphatic hydroxyl groups excluding tert-OH is 1. The van der Waals surface area contributed by atoms with Crippen LogP contribution in [0.4, 0.5) is 13.2 Å². The number of rotatable bonds is 8. The first-order valence-electron chi connectivity index (χ1n) is 9.20. The topological polar surface area (TPSA) is 58.9 Å². The average molecular weight is 415 g/mol. The lowest BCUT2D eigenvalue weighted by molar-refractivity contribution is -0.137. The molecule has 1 aromatic carbocycles. The summed E-state index contributed by atoms with van der Waals surface area (Å²) in [6, 6.07) is 5.04. The summed E-state index contributed by atoms with van der Waals surface area (Å²) >= 11 is 1.44. The summed E-state index contributed by atoms with van der Waals surface area (Å²) in [7, 11) is 0. The number of oxime groups is 1. The Balaban J connectivity index is 1.92. The maximum absolute atomic E-state index is 12.6. The molecule has 0 spiro atoms. The molecule has 0 saturated heterocycles. The third-order valence-electron chi connectivity index (χ3n) is 4.43. The summed E-state index contributed by atoms with van der Waals surface area (Å²) in [6.45, 7) is 4.02. The van der Waals surface area contributed by atoms with E-state index in [9.17, 15) is 23.1 Å². The van der Waals surface area contributed by atoms with Gasteiger partial charge in [0.2, 0.25) is 0 Å². The largest absolute Gasteiger partial charge is 0.511 e. The summed E-state index contributed by atoms with van der Waals surface area (Å²) in [5.74, 6) is 0.553. The molecule has 1 N–H and O–H groups in total. The lowest BCUT2D eigenvalue weighted by atomic mass is 9.83. The fourth-order valence-corrected chi connectivity index (χ4v) is 4.03. The van der Waals surface area contributed by atoms with Gasteiger partial charge in [-0.05, 0) is 55.7 Å². The van der Waals surface area contributed by atoms with Crippen LogP contribution in [0.2, 0.25) is 0 Å². The molecule has 1 unspecified atom stereocenters. The number of hydrogen-bond donors (Lipinski definition) is 1. The van der Waals surface area contributed by atoms with Crippen LogP contribution in [0.5, 0.6) is 0 Å². The van der Waals surface area contributed by atoms with Crippen LogP contribution < -0.4 is 0 Å². The number of aliphatic hydroxyl groups is 1. The standard InChI is InChI=1S/C20H24F3NO3S/c1-3-16(24-27-4-2)19-17(25)11-13(12-18(19)26)9-10-28-15-7-5-14(6-8-15)20(21,22)23/h5-8,13,25H,3-4,9-12H2,1-2H3/b24-16+. The molecule has 1 aromatic rings. The first kappa shape index (κ1) is 22.3. The number of ketones is 1. The molecule has 0 amide bonds. The maximum atomic E-state index is 12.6. The van der Waals surface area contributed by atoms with E-state index in [1.54, 1.807) is 6.92 Å². The molecule has 0 aromatic heterocycles. The molecule has 1 aliphatic rings. The second-order valence-corrected chi connectivity index (χ2v) is 7.66. The molecule has 1 aliphatic carbocycles. The maximum Gasteiger partial charge on any atom is 0.416 e. The predicted molar refractivity (Wildman–Crippen MR) is 104 cm³/mol. The molecule has 4 nitrogen and oxygen atoms in total. The van der Waals surface area contributed by atoms with Crippen molar-refractivity contribution in [3.8, 4) is 0 Å². The Kier molecular flexibility index (Phi) is 7.98. The molecule has 2 rings (SSSR count). The number of benzene rings is 1. The smallest absolute Gasteiger partial charge is 0.416 e. The third kappa shape index (κ3) is 6.02. The number of allylic oxidation sites excluding steroid dienone is 2. The molecule has 0 heterocycles. The van der Waals surface area contributed by atoms with Gasteiger partial charge < -0.3 is 9.94 Å². The molecule has 0 aliphatic heterocycles. The fourth-order valence-electron chi connectivity index (χ4n) is 3.02. The minimum Gasteiger partial charge on any atom is -0.511 e. The van der Waals surface area contributed by atoms with E-state index in [2.05, 4.69) is 5.16 Å². The number of nitrogens with zero attached hydrogens (tertiary/aromatic N) is 1. The van der Waals surface area contributed by atoms with Crippen LogP contribution in [0.25, 0.3) is 0 Å². The van der Waals surface area contributed by atoms with Gasteiger partial charge >= 0.3 is 6.18 Å². The van der Waals surface area contributed by atoms with Crippen molar-refractivity contribution < 1.29 is 27.9 Å². The highest BCUT2D eigenvalue weighted by molar-refractivity contribution is 7.99. The van der Waals surface area contributed by atoms with Crippen molar-refractivity contribution in [1.29, 1.82) is 0 Å². The van der Waals surface area contributed by atoms with Gasteiger partial charge in [-0.3, -0.25) is 4.79 Å². The molecular weight excluding hydrogens is 391 g/mol. The summed E-state index contributed by atoms with van der Waals surface area (Å²) in [6.07, 6.45) is -2.47. The molecule has 0 saturated carbocycles. The van der Waals surface area contributed by atoms with Gasteiger partial charge in [-0.1, -0.05) is 12.1 Å². The molecular formula is C20H24F3NO3S. The van der Waals surface area contributed by atoms with E-state index < -0.39 is 11.7 Å². The summed E-state index contributed by atoms with van der Waals surface area (Å²) in [4.78, 5) is 18.2. The van der Waals surface area contributed by atoms with Gasteiger partial charge in [0, 0.05) is 17.7 Å². The molecule has 8 heteroatoms. The zero-order valence-electron chi connectivity index (χ0n) is 15.9. The monoisotopic (exact) mass is 415 g/mol. The normalized spacial score (nSPS) is 18.5. The SMILES string of the molecule is CCO/N=C(\CC)C1=C(O)CC(CCSc2ccc(C(F)(F)F)cc2)CC1=O. The number of hydrogen-bond acceptors (Lipinski definition) is 5. The highest BCUT2D eigenvalue weighted by Crippen LogP contribution is 2.33. The first-order chi connectivity index (χ1) is 13.3. The number of halogens is 3. The third-order valence-corrected chi connectivity index (χ3v) is 5.47. The molecule has 28 heavy (non-hydrogen) atoms. The van der Waals surface area contributed by atoms with Gasteiger partial charge in [0.05, 0.1) is 16.8 Å². The Bertz CT molecular complexity index is 742. The second-order valence-electron chi connectivity index (χ2n) is 6.49. The predicted octanol–water partition coefficient (Wildman–Crippen LogP) is 5.78. The van der Waals surface area contributed by atoms with E-state index in [0.29, 0.717) is 43.8 Å². The van der Waals surface area contributed by atoms with Crippen LogP contribution in [0.3, 0.4) is 0 Å². The van der Waals surface area contributed by atoms with Crippen molar-refractivity contribution in [2.24, 2.45) is 11.1 Å². The summed E-state index contributed by atoms with van der Waals surface area (Å²) < 4.78 is 37.8. The second kappa shape index (κ2) is 10.0. The van der Waals surface area contributed by atoms with Gasteiger partial charge in [-0.25, -0.2) is 0 Å². The Morgan fingerprint density at radius 2 is 1.93 bits per heavy atom. The zero-order chi connectivity index (χ0) is 20.7. The van der Waals surface area contributed by atoms with Gasteiger partial charge in [-0.2, -0.15) is 13.2 Å². The van der Waals surface area contributed by atoms with Crippen molar-refractivity contribution in [3.63, 3.8) is 0 Å². The van der Waals surface area contributed by atoms with E-state index in [0.717, 1.165) is 17.0 Å². The number of alkyl halides is 3. The number of Topliss-reactive ketones (excluding diaryl/α,β-unsaturated/α-hetero) is 1. The van der Waals surface area contributed by atoms with Gasteiger partial charge in [0.25, 0.3) is 0 Å². The summed E-state index contributed by atoms with van der Waals surface area (Å²) in [5, 5.41) is 14.3. The van der Waals surface area contributed by atoms with Crippen molar-refractivity contribution in [2.45, 2.75) is 50.6 Å². The van der Waals surface area contributed by atoms with E-state index in [1.807, 2.05) is 6.92 Å². The van der Waals surface area contributed by atoms with Crippen LogP contribution in [0.1, 0.15) is 45.1 Å². The molecule has 1 atom stereocenters. The van der Waals surface area contributed by atoms with Crippen molar-refractivity contribution in [2.75, 3.05) is 12.4 Å². The van der Waals surface area contributed by atoms with E-state index in [1.165, 1.54) is 23.9 Å². The van der Waals surface area contributed by atoms with Gasteiger partial charge in [0.1, 0.15) is 12.4 Å².